The van der Waals surface area contributed by atoms with Gasteiger partial charge in [0.2, 0.25) is 5.91 Å². The zero-order valence-corrected chi connectivity index (χ0v) is 13.3. The number of hydrogen-bond donors (Lipinski definition) is 2. The number of aliphatic hydroxyl groups excluding tert-OH is 1. The topological polar surface area (TPSA) is 61.8 Å². The summed E-state index contributed by atoms with van der Waals surface area (Å²) in [7, 11) is 0. The maximum atomic E-state index is 13.5. The van der Waals surface area contributed by atoms with Gasteiger partial charge in [0, 0.05) is 30.9 Å². The van der Waals surface area contributed by atoms with Crippen LogP contribution < -0.4 is 5.32 Å². The van der Waals surface area contributed by atoms with E-state index in [9.17, 15) is 14.3 Å². The normalized spacial score (nSPS) is 28.2. The molecule has 1 aromatic carbocycles. The number of halogens is 1. The molecule has 0 aromatic heterocycles. The Morgan fingerprint density at radius 3 is 3.13 bits per heavy atom. The molecule has 2 aliphatic heterocycles. The lowest BCUT2D eigenvalue weighted by molar-refractivity contribution is -0.137. The van der Waals surface area contributed by atoms with E-state index in [-0.39, 0.29) is 18.3 Å². The van der Waals surface area contributed by atoms with E-state index in [4.69, 9.17) is 4.74 Å². The minimum Gasteiger partial charge on any atom is -0.390 e. The summed E-state index contributed by atoms with van der Waals surface area (Å²) in [6.07, 6.45) is 1.91. The summed E-state index contributed by atoms with van der Waals surface area (Å²) in [5.74, 6) is -0.509. The number of piperidine rings is 1. The summed E-state index contributed by atoms with van der Waals surface area (Å²) >= 11 is 0. The van der Waals surface area contributed by atoms with Crippen molar-refractivity contribution in [3.63, 3.8) is 0 Å². The second-order valence-corrected chi connectivity index (χ2v) is 6.49. The van der Waals surface area contributed by atoms with Crippen LogP contribution in [0.15, 0.2) is 18.2 Å². The van der Waals surface area contributed by atoms with Gasteiger partial charge >= 0.3 is 0 Å². The van der Waals surface area contributed by atoms with E-state index in [1.54, 1.807) is 19.1 Å². The summed E-state index contributed by atoms with van der Waals surface area (Å²) in [6, 6.07) is 4.65. The number of carbonyl (C=O) groups excluding carboxylic acids is 1. The van der Waals surface area contributed by atoms with Gasteiger partial charge in [-0.15, -0.1) is 0 Å². The smallest absolute Gasteiger partial charge is 0.238 e. The molecule has 0 unspecified atom stereocenters. The summed E-state index contributed by atoms with van der Waals surface area (Å²) in [5.41, 5.74) is 0.414. The van der Waals surface area contributed by atoms with E-state index >= 15 is 0 Å². The molecule has 2 fully saturated rings. The maximum absolute atomic E-state index is 13.5. The average molecular weight is 322 g/mol. The van der Waals surface area contributed by atoms with Crippen LogP contribution in [0.1, 0.15) is 24.8 Å². The Morgan fingerprint density at radius 2 is 2.39 bits per heavy atom. The van der Waals surface area contributed by atoms with Crippen LogP contribution in [0.25, 0.3) is 0 Å². The van der Waals surface area contributed by atoms with Crippen LogP contribution in [0, 0.1) is 12.7 Å². The second kappa shape index (κ2) is 6.55. The molecule has 2 saturated heterocycles. The van der Waals surface area contributed by atoms with Gasteiger partial charge in [-0.25, -0.2) is 4.39 Å². The minimum absolute atomic E-state index is 0.178. The number of nitrogens with zero attached hydrogens (tertiary/aromatic N) is 1. The minimum atomic E-state index is -0.521. The van der Waals surface area contributed by atoms with E-state index < -0.39 is 11.7 Å². The molecule has 2 N–H and O–H groups in total. The lowest BCUT2D eigenvalue weighted by Crippen LogP contribution is -2.57. The molecule has 1 aromatic rings. The van der Waals surface area contributed by atoms with Crippen molar-refractivity contribution in [2.24, 2.45) is 0 Å². The second-order valence-electron chi connectivity index (χ2n) is 6.49. The number of hydrogen-bond acceptors (Lipinski definition) is 4. The highest BCUT2D eigenvalue weighted by Gasteiger charge is 2.46. The van der Waals surface area contributed by atoms with Gasteiger partial charge in [-0.1, -0.05) is 6.07 Å². The summed E-state index contributed by atoms with van der Waals surface area (Å²) in [5, 5.41) is 13.0. The first-order valence-electron chi connectivity index (χ1n) is 8.09. The number of amides is 1. The van der Waals surface area contributed by atoms with Gasteiger partial charge in [-0.3, -0.25) is 9.69 Å². The van der Waals surface area contributed by atoms with Crippen molar-refractivity contribution in [2.45, 2.75) is 37.9 Å². The number of likely N-dealkylation sites (tertiary alicyclic amines) is 1. The third-order valence-electron chi connectivity index (χ3n) is 4.86. The van der Waals surface area contributed by atoms with E-state index in [2.05, 4.69) is 5.32 Å². The number of aliphatic hydroxyl groups is 1. The van der Waals surface area contributed by atoms with Crippen molar-refractivity contribution in [3.05, 3.63) is 29.6 Å². The lowest BCUT2D eigenvalue weighted by atomic mass is 9.87. The number of nitrogens with one attached hydrogen (secondary N) is 1. The SMILES string of the molecule is Cc1c(F)cccc1NC(=O)CN1CC[C@H](O)[C@]2(CCCO2)C1. The first-order valence-corrected chi connectivity index (χ1v) is 8.09. The lowest BCUT2D eigenvalue weighted by Gasteiger charge is -2.42. The average Bonchev–Trinajstić information content (AvgIpc) is 2.97. The Hall–Kier alpha value is -1.50. The molecule has 23 heavy (non-hydrogen) atoms. The zero-order valence-electron chi connectivity index (χ0n) is 13.3. The third-order valence-corrected chi connectivity index (χ3v) is 4.86. The van der Waals surface area contributed by atoms with Crippen LogP contribution in [0.5, 0.6) is 0 Å². The molecule has 3 rings (SSSR count). The summed E-state index contributed by atoms with van der Waals surface area (Å²) in [6.45, 7) is 3.74. The standard InChI is InChI=1S/C17H23FN2O3/c1-12-13(18)4-2-5-14(12)19-16(22)10-20-8-6-15(21)17(11-20)7-3-9-23-17/h2,4-5,15,21H,3,6-11H2,1H3,(H,19,22)/t15-,17-/m0/s1. The predicted octanol–water partition coefficient (Wildman–Crippen LogP) is 1.69. The Balaban J connectivity index is 1.61. The molecule has 0 aliphatic carbocycles. The van der Waals surface area contributed by atoms with Gasteiger partial charge in [0.25, 0.3) is 0 Å². The van der Waals surface area contributed by atoms with Crippen molar-refractivity contribution in [2.75, 3.05) is 31.6 Å². The van der Waals surface area contributed by atoms with Crippen molar-refractivity contribution < 1.29 is 19.0 Å². The molecule has 126 valence electrons. The van der Waals surface area contributed by atoms with E-state index in [1.165, 1.54) is 6.07 Å². The molecular weight excluding hydrogens is 299 g/mol. The van der Waals surface area contributed by atoms with Gasteiger partial charge in [0.1, 0.15) is 11.4 Å². The fourth-order valence-corrected chi connectivity index (χ4v) is 3.51. The highest BCUT2D eigenvalue weighted by Crippen LogP contribution is 2.34. The molecule has 5 nitrogen and oxygen atoms in total. The summed E-state index contributed by atoms with van der Waals surface area (Å²) < 4.78 is 19.3. The molecule has 2 heterocycles. The number of anilines is 1. The van der Waals surface area contributed by atoms with Crippen LogP contribution in [-0.2, 0) is 9.53 Å². The number of benzene rings is 1. The van der Waals surface area contributed by atoms with E-state index in [0.29, 0.717) is 37.4 Å². The summed E-state index contributed by atoms with van der Waals surface area (Å²) in [4.78, 5) is 14.3. The Bertz CT molecular complexity index is 587. The third kappa shape index (κ3) is 3.39. The first-order chi connectivity index (χ1) is 11.0. The zero-order chi connectivity index (χ0) is 16.4. The molecular formula is C17H23FN2O3. The maximum Gasteiger partial charge on any atom is 0.238 e. The number of rotatable bonds is 3. The monoisotopic (exact) mass is 322 g/mol. The fourth-order valence-electron chi connectivity index (χ4n) is 3.51. The fraction of sp³-hybridized carbons (Fsp3) is 0.588. The molecule has 1 amide bonds. The molecule has 0 saturated carbocycles. The van der Waals surface area contributed by atoms with Crippen molar-refractivity contribution in [1.29, 1.82) is 0 Å². The predicted molar refractivity (Wildman–Crippen MR) is 84.7 cm³/mol. The Labute approximate surface area is 135 Å². The molecule has 0 bridgehead atoms. The first kappa shape index (κ1) is 16.4. The van der Waals surface area contributed by atoms with Crippen LogP contribution >= 0.6 is 0 Å². The van der Waals surface area contributed by atoms with Crippen LogP contribution in [-0.4, -0.2) is 53.9 Å². The largest absolute Gasteiger partial charge is 0.390 e. The van der Waals surface area contributed by atoms with Gasteiger partial charge in [-0.2, -0.15) is 0 Å². The van der Waals surface area contributed by atoms with E-state index in [1.807, 2.05) is 4.90 Å². The molecule has 0 radical (unpaired) electrons. The Kier molecular flexibility index (Phi) is 4.66. The van der Waals surface area contributed by atoms with Crippen molar-refractivity contribution in [1.82, 2.24) is 4.90 Å². The van der Waals surface area contributed by atoms with Gasteiger partial charge in [0.05, 0.1) is 12.6 Å². The van der Waals surface area contributed by atoms with Crippen LogP contribution in [0.4, 0.5) is 10.1 Å². The van der Waals surface area contributed by atoms with Crippen molar-refractivity contribution in [3.8, 4) is 0 Å². The Morgan fingerprint density at radius 1 is 1.57 bits per heavy atom. The van der Waals surface area contributed by atoms with Crippen LogP contribution in [0.3, 0.4) is 0 Å². The molecule has 6 heteroatoms. The van der Waals surface area contributed by atoms with Gasteiger partial charge in [-0.05, 0) is 38.3 Å². The number of carbonyl (C=O) groups is 1. The van der Waals surface area contributed by atoms with E-state index in [0.717, 1.165) is 12.8 Å². The van der Waals surface area contributed by atoms with Crippen LogP contribution in [0.2, 0.25) is 0 Å². The quantitative estimate of drug-likeness (QED) is 0.889. The van der Waals surface area contributed by atoms with Gasteiger partial charge in [0.15, 0.2) is 0 Å². The molecule has 1 spiro atoms. The molecule has 2 aliphatic rings. The number of ether oxygens (including phenoxy) is 1. The van der Waals surface area contributed by atoms with Gasteiger partial charge < -0.3 is 15.2 Å². The highest BCUT2D eigenvalue weighted by molar-refractivity contribution is 5.93. The molecule has 2 atom stereocenters. The van der Waals surface area contributed by atoms with Crippen molar-refractivity contribution >= 4 is 11.6 Å². The highest BCUT2D eigenvalue weighted by atomic mass is 19.1.